The van der Waals surface area contributed by atoms with E-state index in [2.05, 4.69) is 4.72 Å². The smallest absolute Gasteiger partial charge is 0.359 e. The van der Waals surface area contributed by atoms with E-state index >= 15 is 0 Å². The number of fused-ring (bicyclic) bond motifs is 1. The molecule has 0 spiro atoms. The van der Waals surface area contributed by atoms with Crippen molar-refractivity contribution in [2.75, 3.05) is 21.3 Å². The SMILES string of the molecule is COc1ccc(S(=O)(=O)NC2(P(=O)(OC)OC)C=CC(=O)c3ccccc32)cc1. The Morgan fingerprint density at radius 2 is 1.59 bits per heavy atom. The minimum Gasteiger partial charge on any atom is -0.497 e. The Balaban J connectivity index is 2.22. The van der Waals surface area contributed by atoms with E-state index in [0.717, 1.165) is 20.3 Å². The molecule has 1 aliphatic rings. The highest BCUT2D eigenvalue weighted by atomic mass is 32.2. The Bertz CT molecular complexity index is 1100. The van der Waals surface area contributed by atoms with Crippen molar-refractivity contribution in [3.05, 3.63) is 71.8 Å². The maximum Gasteiger partial charge on any atom is 0.359 e. The topological polar surface area (TPSA) is 108 Å². The third-order valence-corrected chi connectivity index (χ3v) is 8.61. The van der Waals surface area contributed by atoms with Gasteiger partial charge in [-0.05, 0) is 36.4 Å². The molecule has 10 heteroatoms. The summed E-state index contributed by atoms with van der Waals surface area (Å²) < 4.78 is 57.7. The number of benzene rings is 2. The molecule has 2 aromatic carbocycles. The monoisotopic (exact) mass is 437 g/mol. The number of sulfonamides is 1. The number of carbonyl (C=O) groups excluding carboxylic acids is 1. The molecule has 1 aliphatic carbocycles. The molecule has 0 saturated carbocycles. The molecular weight excluding hydrogens is 417 g/mol. The van der Waals surface area contributed by atoms with Gasteiger partial charge < -0.3 is 13.8 Å². The largest absolute Gasteiger partial charge is 0.497 e. The summed E-state index contributed by atoms with van der Waals surface area (Å²) in [5, 5.41) is -1.93. The van der Waals surface area contributed by atoms with Gasteiger partial charge >= 0.3 is 7.60 Å². The van der Waals surface area contributed by atoms with Gasteiger partial charge in [0.1, 0.15) is 5.75 Å². The number of hydrogen-bond acceptors (Lipinski definition) is 7. The van der Waals surface area contributed by atoms with Crippen LogP contribution in [0.25, 0.3) is 0 Å². The van der Waals surface area contributed by atoms with Gasteiger partial charge in [0.25, 0.3) is 0 Å². The zero-order valence-electron chi connectivity index (χ0n) is 16.0. The van der Waals surface area contributed by atoms with Gasteiger partial charge in [0.2, 0.25) is 10.0 Å². The number of ketones is 1. The van der Waals surface area contributed by atoms with Crippen molar-refractivity contribution in [3.8, 4) is 5.75 Å². The highest BCUT2D eigenvalue weighted by Gasteiger charge is 2.55. The molecule has 1 atom stereocenters. The van der Waals surface area contributed by atoms with E-state index in [-0.39, 0.29) is 21.8 Å². The predicted molar refractivity (Wildman–Crippen MR) is 107 cm³/mol. The standard InChI is InChI=1S/C19H20NO7PS/c1-25-14-8-10-15(11-9-14)29(23,24)20-19(28(22,26-2)27-3)13-12-18(21)16-6-4-5-7-17(16)19/h4-13,20H,1-3H3. The number of carbonyl (C=O) groups is 1. The van der Waals surface area contributed by atoms with E-state index in [1.807, 2.05) is 0 Å². The molecule has 0 aliphatic heterocycles. The molecule has 0 amide bonds. The second-order valence-electron chi connectivity index (χ2n) is 6.15. The summed E-state index contributed by atoms with van der Waals surface area (Å²) in [4.78, 5) is 12.2. The summed E-state index contributed by atoms with van der Waals surface area (Å²) >= 11 is 0. The number of ether oxygens (including phenoxy) is 1. The summed E-state index contributed by atoms with van der Waals surface area (Å²) in [5.74, 6) is 0.130. The van der Waals surface area contributed by atoms with Crippen molar-refractivity contribution in [1.82, 2.24) is 4.72 Å². The number of allylic oxidation sites excluding steroid dienone is 1. The Morgan fingerprint density at radius 1 is 0.966 bits per heavy atom. The fraction of sp³-hybridized carbons (Fsp3) is 0.211. The van der Waals surface area contributed by atoms with E-state index < -0.39 is 22.9 Å². The van der Waals surface area contributed by atoms with Crippen molar-refractivity contribution < 1.29 is 31.6 Å². The van der Waals surface area contributed by atoms with Crippen LogP contribution in [0.2, 0.25) is 0 Å². The van der Waals surface area contributed by atoms with Gasteiger partial charge in [-0.3, -0.25) is 9.36 Å². The van der Waals surface area contributed by atoms with Crippen molar-refractivity contribution in [2.24, 2.45) is 0 Å². The lowest BCUT2D eigenvalue weighted by Crippen LogP contribution is -2.47. The molecule has 1 unspecified atom stereocenters. The van der Waals surface area contributed by atoms with Gasteiger partial charge in [-0.2, -0.15) is 4.72 Å². The Hall–Kier alpha value is -2.29. The fourth-order valence-electron chi connectivity index (χ4n) is 3.17. The summed E-state index contributed by atoms with van der Waals surface area (Å²) in [6.45, 7) is 0. The summed E-state index contributed by atoms with van der Waals surface area (Å²) in [6.07, 6.45) is 2.37. The molecule has 154 valence electrons. The van der Waals surface area contributed by atoms with Gasteiger partial charge in [0, 0.05) is 25.3 Å². The fourth-order valence-corrected chi connectivity index (χ4v) is 6.65. The molecule has 0 saturated heterocycles. The average Bonchev–Trinajstić information content (AvgIpc) is 2.75. The molecule has 0 aromatic heterocycles. The lowest BCUT2D eigenvalue weighted by atomic mass is 9.92. The summed E-state index contributed by atoms with van der Waals surface area (Å²) in [7, 11) is -4.57. The first-order chi connectivity index (χ1) is 13.7. The second-order valence-corrected chi connectivity index (χ2v) is 10.3. The number of rotatable bonds is 7. The van der Waals surface area contributed by atoms with Gasteiger partial charge in [-0.15, -0.1) is 0 Å². The van der Waals surface area contributed by atoms with E-state index in [4.69, 9.17) is 13.8 Å². The van der Waals surface area contributed by atoms with Crippen molar-refractivity contribution in [1.29, 1.82) is 0 Å². The molecular formula is C19H20NO7PS. The first-order valence-corrected chi connectivity index (χ1v) is 11.5. The third kappa shape index (κ3) is 3.56. The molecule has 0 bridgehead atoms. The Morgan fingerprint density at radius 3 is 2.17 bits per heavy atom. The maximum atomic E-state index is 13.6. The van der Waals surface area contributed by atoms with Crippen LogP contribution in [0, 0.1) is 0 Å². The highest BCUT2D eigenvalue weighted by molar-refractivity contribution is 7.90. The molecule has 3 rings (SSSR count). The number of nitrogens with one attached hydrogen (secondary N) is 1. The minimum atomic E-state index is -4.21. The maximum absolute atomic E-state index is 13.6. The van der Waals surface area contributed by atoms with Gasteiger partial charge in [-0.25, -0.2) is 8.42 Å². The molecule has 1 N–H and O–H groups in total. The summed E-state index contributed by atoms with van der Waals surface area (Å²) in [6, 6.07) is 11.9. The van der Waals surface area contributed by atoms with Crippen LogP contribution in [0.1, 0.15) is 15.9 Å². The second kappa shape index (κ2) is 7.85. The van der Waals surface area contributed by atoms with Crippen LogP contribution in [0.3, 0.4) is 0 Å². The quantitative estimate of drug-likeness (QED) is 0.663. The average molecular weight is 437 g/mol. The Kier molecular flexibility index (Phi) is 5.80. The minimum absolute atomic E-state index is 0.0841. The van der Waals surface area contributed by atoms with Crippen molar-refractivity contribution >= 4 is 23.4 Å². The lowest BCUT2D eigenvalue weighted by Gasteiger charge is -2.38. The number of methoxy groups -OCH3 is 1. The van der Waals surface area contributed by atoms with Crippen LogP contribution >= 0.6 is 7.60 Å². The van der Waals surface area contributed by atoms with E-state index in [1.54, 1.807) is 12.1 Å². The van der Waals surface area contributed by atoms with Crippen LogP contribution in [-0.2, 0) is 28.9 Å². The molecule has 0 fully saturated rings. The highest BCUT2D eigenvalue weighted by Crippen LogP contribution is 2.65. The first kappa shape index (κ1) is 21.4. The third-order valence-electron chi connectivity index (χ3n) is 4.65. The number of hydrogen-bond donors (Lipinski definition) is 1. The molecule has 0 heterocycles. The van der Waals surface area contributed by atoms with Crippen LogP contribution in [0.15, 0.2) is 65.6 Å². The van der Waals surface area contributed by atoms with Gasteiger partial charge in [0.15, 0.2) is 11.1 Å². The van der Waals surface area contributed by atoms with Crippen molar-refractivity contribution in [3.63, 3.8) is 0 Å². The predicted octanol–water partition coefficient (Wildman–Crippen LogP) is 3.06. The van der Waals surface area contributed by atoms with E-state index in [1.165, 1.54) is 49.6 Å². The lowest BCUT2D eigenvalue weighted by molar-refractivity contribution is 0.104. The zero-order valence-corrected chi connectivity index (χ0v) is 17.7. The van der Waals surface area contributed by atoms with Crippen LogP contribution in [0.5, 0.6) is 5.75 Å². The van der Waals surface area contributed by atoms with Crippen LogP contribution in [0.4, 0.5) is 0 Å². The van der Waals surface area contributed by atoms with E-state index in [0.29, 0.717) is 5.75 Å². The van der Waals surface area contributed by atoms with Crippen LogP contribution in [-0.4, -0.2) is 35.5 Å². The molecule has 2 aromatic rings. The van der Waals surface area contributed by atoms with E-state index in [9.17, 15) is 17.8 Å². The molecule has 8 nitrogen and oxygen atoms in total. The van der Waals surface area contributed by atoms with Crippen LogP contribution < -0.4 is 9.46 Å². The zero-order chi connectivity index (χ0) is 21.3. The van der Waals surface area contributed by atoms with Gasteiger partial charge in [0.05, 0.1) is 12.0 Å². The molecule has 29 heavy (non-hydrogen) atoms. The van der Waals surface area contributed by atoms with Gasteiger partial charge in [-0.1, -0.05) is 24.3 Å². The first-order valence-electron chi connectivity index (χ1n) is 8.46. The normalized spacial score (nSPS) is 19.1. The Labute approximate surface area is 169 Å². The van der Waals surface area contributed by atoms with Crippen molar-refractivity contribution in [2.45, 2.75) is 10.2 Å². The summed E-state index contributed by atoms with van der Waals surface area (Å²) in [5.41, 5.74) is 0.373. The molecule has 0 radical (unpaired) electrons.